The van der Waals surface area contributed by atoms with E-state index in [1.807, 2.05) is 12.1 Å². The molecule has 2 aromatic rings. The number of aliphatic carboxylic acids is 1. The summed E-state index contributed by atoms with van der Waals surface area (Å²) >= 11 is 4.28. The zero-order chi connectivity index (χ0) is 21.0. The maximum Gasteiger partial charge on any atom is 0.334 e. The van der Waals surface area contributed by atoms with Gasteiger partial charge in [0.25, 0.3) is 0 Å². The van der Waals surface area contributed by atoms with E-state index in [4.69, 9.17) is 4.74 Å². The highest BCUT2D eigenvalue weighted by Gasteiger charge is 2.24. The predicted octanol–water partition coefficient (Wildman–Crippen LogP) is 3.84. The van der Waals surface area contributed by atoms with Crippen LogP contribution in [0.4, 0.5) is 4.39 Å². The van der Waals surface area contributed by atoms with Gasteiger partial charge in [0.15, 0.2) is 17.8 Å². The van der Waals surface area contributed by atoms with Crippen LogP contribution in [0.2, 0.25) is 0 Å². The minimum Gasteiger partial charge on any atom is -0.494 e. The van der Waals surface area contributed by atoms with Crippen molar-refractivity contribution in [2.45, 2.75) is 31.9 Å². The molecule has 1 aliphatic rings. The molecule has 0 saturated heterocycles. The smallest absolute Gasteiger partial charge is 0.334 e. The van der Waals surface area contributed by atoms with Crippen LogP contribution in [-0.4, -0.2) is 23.3 Å². The van der Waals surface area contributed by atoms with Gasteiger partial charge < -0.3 is 20.3 Å². The molecule has 0 bridgehead atoms. The normalized spacial score (nSPS) is 17.7. The summed E-state index contributed by atoms with van der Waals surface area (Å²) in [6, 6.07) is 12.2. The van der Waals surface area contributed by atoms with E-state index in [1.165, 1.54) is 30.4 Å². The molecule has 5 nitrogen and oxygen atoms in total. The van der Waals surface area contributed by atoms with Crippen molar-refractivity contribution in [3.05, 3.63) is 75.6 Å². The molecule has 0 fully saturated rings. The van der Waals surface area contributed by atoms with Gasteiger partial charge >= 0.3 is 5.97 Å². The van der Waals surface area contributed by atoms with E-state index in [2.05, 4.69) is 30.1 Å². The molecule has 3 N–H and O–H groups in total. The number of benzene rings is 2. The number of nitrogens with one attached hydrogen (secondary N) is 1. The van der Waals surface area contributed by atoms with Crippen LogP contribution in [0.25, 0.3) is 0 Å². The van der Waals surface area contributed by atoms with E-state index in [-0.39, 0.29) is 27.8 Å². The fourth-order valence-corrected chi connectivity index (χ4v) is 3.98. The Morgan fingerprint density at radius 1 is 1.31 bits per heavy atom. The first kappa shape index (κ1) is 21.2. The number of aliphatic hydroxyl groups is 1. The van der Waals surface area contributed by atoms with Crippen molar-refractivity contribution >= 4 is 18.6 Å². The first-order valence-corrected chi connectivity index (χ1v) is 9.84. The Morgan fingerprint density at radius 3 is 2.69 bits per heavy atom. The summed E-state index contributed by atoms with van der Waals surface area (Å²) in [5.74, 6) is -1.47. The molecule has 2 atom stereocenters. The molecular formula is C22H24FNO4S. The van der Waals surface area contributed by atoms with Crippen LogP contribution >= 0.6 is 12.6 Å². The Hall–Kier alpha value is -2.51. The lowest BCUT2D eigenvalue weighted by atomic mass is 9.81. The molecule has 3 rings (SSSR count). The molecule has 7 heteroatoms. The zero-order valence-corrected chi connectivity index (χ0v) is 17.0. The number of aryl methyl sites for hydroxylation is 1. The van der Waals surface area contributed by atoms with Crippen molar-refractivity contribution in [1.82, 2.24) is 5.32 Å². The van der Waals surface area contributed by atoms with Crippen molar-refractivity contribution < 1.29 is 24.1 Å². The molecular weight excluding hydrogens is 393 g/mol. The van der Waals surface area contributed by atoms with Gasteiger partial charge in [-0.15, -0.1) is 12.6 Å². The van der Waals surface area contributed by atoms with Gasteiger partial charge in [-0.05, 0) is 54.9 Å². The van der Waals surface area contributed by atoms with Crippen molar-refractivity contribution in [2.24, 2.45) is 5.92 Å². The molecule has 0 aliphatic heterocycles. The summed E-state index contributed by atoms with van der Waals surface area (Å²) in [6.45, 7) is 0. The van der Waals surface area contributed by atoms with Crippen molar-refractivity contribution in [3.8, 4) is 5.75 Å². The molecule has 0 amide bonds. The van der Waals surface area contributed by atoms with Gasteiger partial charge in [-0.1, -0.05) is 30.3 Å². The topological polar surface area (TPSA) is 78.8 Å². The Bertz CT molecular complexity index is 931. The Balaban J connectivity index is 1.73. The number of aliphatic hydroxyl groups excluding tert-OH is 1. The van der Waals surface area contributed by atoms with Crippen LogP contribution in [-0.2, 0) is 17.6 Å². The molecule has 0 spiro atoms. The van der Waals surface area contributed by atoms with E-state index < -0.39 is 18.0 Å². The maximum absolute atomic E-state index is 13.9. The largest absolute Gasteiger partial charge is 0.494 e. The Morgan fingerprint density at radius 2 is 2.03 bits per heavy atom. The van der Waals surface area contributed by atoms with Crippen LogP contribution in [0.15, 0.2) is 53.1 Å². The molecule has 2 unspecified atom stereocenters. The first-order valence-electron chi connectivity index (χ1n) is 9.39. The van der Waals surface area contributed by atoms with Gasteiger partial charge in [-0.25, -0.2) is 9.18 Å². The van der Waals surface area contributed by atoms with E-state index >= 15 is 0 Å². The highest BCUT2D eigenvalue weighted by atomic mass is 32.1. The van der Waals surface area contributed by atoms with E-state index in [1.54, 1.807) is 0 Å². The van der Waals surface area contributed by atoms with Crippen LogP contribution in [0.3, 0.4) is 0 Å². The van der Waals surface area contributed by atoms with E-state index in [9.17, 15) is 19.4 Å². The third-order valence-electron chi connectivity index (χ3n) is 5.25. The number of halogens is 1. The highest BCUT2D eigenvalue weighted by Crippen LogP contribution is 2.31. The third-order valence-corrected chi connectivity index (χ3v) is 5.65. The lowest BCUT2D eigenvalue weighted by Gasteiger charge is -2.25. The third kappa shape index (κ3) is 5.10. The standard InChI is InChI=1S/C22H24FNO4S/c1-28-19-9-8-16(12-18(19)23)20(25)24-21(29)17(22(26)27)11-13-6-7-14-4-2-3-5-15(14)10-13/h2-5,8-9,12-13,20,24-25,29H,6-7,10-11H2,1H3,(H,26,27)/b21-17+. The summed E-state index contributed by atoms with van der Waals surface area (Å²) in [7, 11) is 1.35. The van der Waals surface area contributed by atoms with Gasteiger partial charge in [0.2, 0.25) is 0 Å². The SMILES string of the molecule is COc1ccc(C(O)N/C(S)=C(/CC2CCc3ccccc3C2)C(=O)O)cc1F. The quantitative estimate of drug-likeness (QED) is 0.313. The summed E-state index contributed by atoms with van der Waals surface area (Å²) in [4.78, 5) is 11.8. The average molecular weight is 418 g/mol. The number of hydrogen-bond donors (Lipinski definition) is 4. The Kier molecular flexibility index (Phi) is 6.82. The molecule has 29 heavy (non-hydrogen) atoms. The molecule has 2 aromatic carbocycles. The van der Waals surface area contributed by atoms with Gasteiger partial charge in [0.05, 0.1) is 17.7 Å². The number of methoxy groups -OCH3 is 1. The number of carboxylic acid groups (broad SMARTS) is 1. The number of carboxylic acids is 1. The second-order valence-corrected chi connectivity index (χ2v) is 7.60. The second kappa shape index (κ2) is 9.33. The molecule has 0 aromatic heterocycles. The number of thiol groups is 1. The number of carbonyl (C=O) groups is 1. The second-order valence-electron chi connectivity index (χ2n) is 7.15. The van der Waals surface area contributed by atoms with Crippen LogP contribution in [0, 0.1) is 11.7 Å². The number of rotatable bonds is 7. The van der Waals surface area contributed by atoms with Gasteiger partial charge in [0.1, 0.15) is 0 Å². The van der Waals surface area contributed by atoms with Crippen molar-refractivity contribution in [3.63, 3.8) is 0 Å². The fraction of sp³-hybridized carbons (Fsp3) is 0.318. The average Bonchev–Trinajstić information content (AvgIpc) is 2.71. The molecule has 0 radical (unpaired) electrons. The zero-order valence-electron chi connectivity index (χ0n) is 16.1. The molecule has 0 saturated carbocycles. The summed E-state index contributed by atoms with van der Waals surface area (Å²) < 4.78 is 18.7. The monoisotopic (exact) mass is 417 g/mol. The van der Waals surface area contributed by atoms with Crippen LogP contribution < -0.4 is 10.1 Å². The number of hydrogen-bond acceptors (Lipinski definition) is 5. The fourth-order valence-electron chi connectivity index (χ4n) is 3.67. The van der Waals surface area contributed by atoms with E-state index in [0.717, 1.165) is 25.3 Å². The molecule has 1 aliphatic carbocycles. The van der Waals surface area contributed by atoms with Crippen LogP contribution in [0.1, 0.15) is 35.8 Å². The highest BCUT2D eigenvalue weighted by molar-refractivity contribution is 7.84. The summed E-state index contributed by atoms with van der Waals surface area (Å²) in [5, 5.41) is 22.7. The lowest BCUT2D eigenvalue weighted by Crippen LogP contribution is -2.23. The predicted molar refractivity (Wildman–Crippen MR) is 111 cm³/mol. The minimum absolute atomic E-state index is 0.0615. The summed E-state index contributed by atoms with van der Waals surface area (Å²) in [6.07, 6.45) is 1.64. The van der Waals surface area contributed by atoms with Crippen molar-refractivity contribution in [1.29, 1.82) is 0 Å². The number of fused-ring (bicyclic) bond motifs is 1. The van der Waals surface area contributed by atoms with Crippen molar-refractivity contribution in [2.75, 3.05) is 7.11 Å². The summed E-state index contributed by atoms with van der Waals surface area (Å²) in [5.41, 5.74) is 2.90. The lowest BCUT2D eigenvalue weighted by molar-refractivity contribution is -0.133. The Labute approximate surface area is 174 Å². The van der Waals surface area contributed by atoms with Crippen LogP contribution in [0.5, 0.6) is 5.75 Å². The van der Waals surface area contributed by atoms with Gasteiger partial charge in [0, 0.05) is 5.56 Å². The van der Waals surface area contributed by atoms with Gasteiger partial charge in [-0.2, -0.15) is 0 Å². The molecule has 0 heterocycles. The minimum atomic E-state index is -1.30. The van der Waals surface area contributed by atoms with E-state index in [0.29, 0.717) is 6.42 Å². The van der Waals surface area contributed by atoms with Gasteiger partial charge in [-0.3, -0.25) is 0 Å². The number of ether oxygens (including phenoxy) is 1. The maximum atomic E-state index is 13.9. The first-order chi connectivity index (χ1) is 13.9. The molecule has 154 valence electrons.